The Kier molecular flexibility index (Phi) is 5.56. The normalized spacial score (nSPS) is 20.4. The minimum absolute atomic E-state index is 0. The SMILES string of the molecule is CN1CCN(/[N+]([O-])=N/[O-])CC1.[Na+]. The summed E-state index contributed by atoms with van der Waals surface area (Å²) in [6.07, 6.45) is 0. The van der Waals surface area contributed by atoms with Crippen molar-refractivity contribution in [1.82, 2.24) is 9.91 Å². The molecule has 12 heavy (non-hydrogen) atoms. The van der Waals surface area contributed by atoms with E-state index in [2.05, 4.69) is 10.2 Å². The summed E-state index contributed by atoms with van der Waals surface area (Å²) in [7, 11) is 1.97. The predicted molar refractivity (Wildman–Crippen MR) is 38.5 cm³/mol. The van der Waals surface area contributed by atoms with Gasteiger partial charge in [-0.1, -0.05) is 0 Å². The summed E-state index contributed by atoms with van der Waals surface area (Å²) < 4.78 is 0. The molecular formula is C5H11N4NaO2. The van der Waals surface area contributed by atoms with Crippen LogP contribution in [-0.4, -0.2) is 48.1 Å². The molecule has 0 radical (unpaired) electrons. The molecule has 0 aliphatic carbocycles. The average molecular weight is 182 g/mol. The monoisotopic (exact) mass is 182 g/mol. The van der Waals surface area contributed by atoms with Crippen LogP contribution in [0, 0.1) is 10.4 Å². The van der Waals surface area contributed by atoms with Crippen LogP contribution in [0.25, 0.3) is 0 Å². The molecule has 1 fully saturated rings. The molecule has 0 aromatic rings. The van der Waals surface area contributed by atoms with Crippen LogP contribution in [0.4, 0.5) is 0 Å². The van der Waals surface area contributed by atoms with Gasteiger partial charge in [-0.25, -0.2) is 0 Å². The Morgan fingerprint density at radius 1 is 1.25 bits per heavy atom. The third-order valence-corrected chi connectivity index (χ3v) is 1.79. The van der Waals surface area contributed by atoms with Crippen LogP contribution in [0.3, 0.4) is 0 Å². The fraction of sp³-hybridized carbons (Fsp3) is 1.00. The summed E-state index contributed by atoms with van der Waals surface area (Å²) in [5.41, 5.74) is 0. The standard InChI is InChI=1S/C5H12N4O2.Na/c1-7-2-4-8(5-3-7)9(11)6-10;/h10H,2-5H2,1H3;/q;+1/p-1/b9-6-;. The largest absolute Gasteiger partial charge is 1.00 e. The van der Waals surface area contributed by atoms with Crippen molar-refractivity contribution in [2.24, 2.45) is 5.28 Å². The van der Waals surface area contributed by atoms with Crippen LogP contribution in [0.5, 0.6) is 0 Å². The molecule has 0 N–H and O–H groups in total. The smallest absolute Gasteiger partial charge is 0.737 e. The van der Waals surface area contributed by atoms with Gasteiger partial charge in [-0.15, -0.1) is 5.01 Å². The van der Waals surface area contributed by atoms with Gasteiger partial charge in [-0.05, 0) is 12.3 Å². The maximum atomic E-state index is 10.6. The fourth-order valence-corrected chi connectivity index (χ4v) is 1.02. The molecule has 7 heteroatoms. The number of nitrogens with zero attached hydrogens (tertiary/aromatic N) is 4. The van der Waals surface area contributed by atoms with Gasteiger partial charge in [0.25, 0.3) is 0 Å². The van der Waals surface area contributed by atoms with Crippen molar-refractivity contribution in [3.05, 3.63) is 10.4 Å². The molecule has 0 amide bonds. The van der Waals surface area contributed by atoms with E-state index < -0.39 is 0 Å². The van der Waals surface area contributed by atoms with Gasteiger partial charge in [0.2, 0.25) is 0 Å². The Hall–Kier alpha value is -0.0400. The van der Waals surface area contributed by atoms with Gasteiger partial charge in [-0.2, -0.15) is 0 Å². The molecule has 1 heterocycles. The molecular weight excluding hydrogens is 171 g/mol. The molecule has 0 saturated carbocycles. The molecule has 0 aromatic carbocycles. The fourth-order valence-electron chi connectivity index (χ4n) is 1.02. The van der Waals surface area contributed by atoms with Crippen molar-refractivity contribution in [1.29, 1.82) is 0 Å². The van der Waals surface area contributed by atoms with E-state index in [-0.39, 0.29) is 34.5 Å². The molecule has 64 valence electrons. The summed E-state index contributed by atoms with van der Waals surface area (Å²) in [6.45, 7) is 2.75. The van der Waals surface area contributed by atoms with Gasteiger partial charge in [0.1, 0.15) is 0 Å². The van der Waals surface area contributed by atoms with E-state index in [9.17, 15) is 10.4 Å². The second kappa shape index (κ2) is 5.58. The van der Waals surface area contributed by atoms with E-state index in [1.807, 2.05) is 7.05 Å². The van der Waals surface area contributed by atoms with Gasteiger partial charge in [0, 0.05) is 18.1 Å². The summed E-state index contributed by atoms with van der Waals surface area (Å²) in [4.78, 5) is 2.21. The van der Waals surface area contributed by atoms with E-state index in [4.69, 9.17) is 0 Å². The molecule has 1 saturated heterocycles. The second-order valence-corrected chi connectivity index (χ2v) is 2.59. The van der Waals surface area contributed by atoms with Crippen LogP contribution in [-0.2, 0) is 0 Å². The number of piperazine rings is 1. The number of rotatable bonds is 1. The Bertz CT molecular complexity index is 158. The summed E-state index contributed by atoms with van der Waals surface area (Å²) >= 11 is 0. The van der Waals surface area contributed by atoms with Crippen molar-refractivity contribution >= 4 is 0 Å². The first-order valence-corrected chi connectivity index (χ1v) is 3.48. The van der Waals surface area contributed by atoms with Crippen molar-refractivity contribution in [3.8, 4) is 0 Å². The van der Waals surface area contributed by atoms with E-state index in [1.54, 1.807) is 0 Å². The third-order valence-electron chi connectivity index (χ3n) is 1.79. The third kappa shape index (κ3) is 3.14. The molecule has 0 unspecified atom stereocenters. The zero-order valence-electron chi connectivity index (χ0n) is 7.43. The Morgan fingerprint density at radius 2 is 1.75 bits per heavy atom. The summed E-state index contributed by atoms with van der Waals surface area (Å²) in [5.74, 6) is 0. The van der Waals surface area contributed by atoms with Crippen molar-refractivity contribution in [3.63, 3.8) is 0 Å². The zero-order valence-corrected chi connectivity index (χ0v) is 9.43. The van der Waals surface area contributed by atoms with Crippen LogP contribution < -0.4 is 29.6 Å². The van der Waals surface area contributed by atoms with Crippen molar-refractivity contribution in [2.45, 2.75) is 0 Å². The van der Waals surface area contributed by atoms with Gasteiger partial charge < -0.3 is 15.3 Å². The molecule has 0 spiro atoms. The maximum Gasteiger partial charge on any atom is 1.00 e. The first kappa shape index (κ1) is 12.0. The Labute approximate surface area is 93.2 Å². The minimum atomic E-state index is 0. The quantitative estimate of drug-likeness (QED) is 0.183. The van der Waals surface area contributed by atoms with Gasteiger partial charge >= 0.3 is 29.6 Å². The molecule has 1 aliphatic rings. The summed E-state index contributed by atoms with van der Waals surface area (Å²) in [6, 6.07) is 0. The van der Waals surface area contributed by atoms with Crippen LogP contribution in [0.2, 0.25) is 0 Å². The number of likely N-dealkylation sites (N-methyl/N-ethyl adjacent to an activating group) is 1. The summed E-state index contributed by atoms with van der Waals surface area (Å²) in [5, 5.41) is 24.1. The minimum Gasteiger partial charge on any atom is -0.737 e. The van der Waals surface area contributed by atoms with Crippen LogP contribution in [0.15, 0.2) is 5.28 Å². The topological polar surface area (TPSA) is 68.0 Å². The molecule has 0 aromatic heterocycles. The molecule has 1 aliphatic heterocycles. The number of hydrazine groups is 1. The van der Waals surface area contributed by atoms with Crippen molar-refractivity contribution in [2.75, 3.05) is 33.2 Å². The van der Waals surface area contributed by atoms with Gasteiger partial charge in [-0.3, -0.25) is 0 Å². The first-order chi connectivity index (χ1) is 5.24. The van der Waals surface area contributed by atoms with E-state index in [0.717, 1.165) is 13.1 Å². The van der Waals surface area contributed by atoms with Crippen LogP contribution >= 0.6 is 0 Å². The van der Waals surface area contributed by atoms with Crippen LogP contribution in [0.1, 0.15) is 0 Å². The Morgan fingerprint density at radius 3 is 2.17 bits per heavy atom. The number of hydrogen-bond acceptors (Lipinski definition) is 4. The maximum absolute atomic E-state index is 10.6. The molecule has 6 nitrogen and oxygen atoms in total. The number of hydrogen-bond donors (Lipinski definition) is 0. The van der Waals surface area contributed by atoms with Gasteiger partial charge in [0.05, 0.1) is 13.1 Å². The molecule has 0 atom stereocenters. The van der Waals surface area contributed by atoms with Gasteiger partial charge in [0.15, 0.2) is 0 Å². The average Bonchev–Trinajstić information content (AvgIpc) is 2.05. The van der Waals surface area contributed by atoms with E-state index in [0.29, 0.717) is 13.1 Å². The predicted octanol–water partition coefficient (Wildman–Crippen LogP) is -3.39. The Balaban J connectivity index is 0.00000121. The van der Waals surface area contributed by atoms with E-state index >= 15 is 0 Å². The van der Waals surface area contributed by atoms with E-state index in [1.165, 1.54) is 5.01 Å². The molecule has 0 bridgehead atoms. The zero-order chi connectivity index (χ0) is 8.27. The second-order valence-electron chi connectivity index (χ2n) is 2.59. The molecule has 1 rings (SSSR count). The van der Waals surface area contributed by atoms with Crippen molar-refractivity contribution < 1.29 is 34.5 Å². The first-order valence-electron chi connectivity index (χ1n) is 3.48.